The molecule has 2 rings (SSSR count). The summed E-state index contributed by atoms with van der Waals surface area (Å²) in [5.74, 6) is -1.85. The van der Waals surface area contributed by atoms with Crippen LogP contribution in [0.25, 0.3) is 5.69 Å². The summed E-state index contributed by atoms with van der Waals surface area (Å²) in [7, 11) is 0. The number of hydrogen-bond acceptors (Lipinski definition) is 3. The lowest BCUT2D eigenvalue weighted by Gasteiger charge is -2.00. The van der Waals surface area contributed by atoms with Gasteiger partial charge in [-0.15, -0.1) is 0 Å². The van der Waals surface area contributed by atoms with Crippen LogP contribution < -0.4 is 0 Å². The van der Waals surface area contributed by atoms with E-state index in [4.69, 9.17) is 12.2 Å². The van der Waals surface area contributed by atoms with Crippen molar-refractivity contribution in [2.45, 2.75) is 0 Å². The van der Waals surface area contributed by atoms with Gasteiger partial charge in [0.25, 0.3) is 0 Å². The zero-order valence-electron chi connectivity index (χ0n) is 6.74. The molecule has 0 spiro atoms. The van der Waals surface area contributed by atoms with Gasteiger partial charge >= 0.3 is 0 Å². The van der Waals surface area contributed by atoms with Crippen LogP contribution in [0.1, 0.15) is 0 Å². The van der Waals surface area contributed by atoms with E-state index < -0.39 is 11.6 Å². The molecule has 1 aromatic heterocycles. The van der Waals surface area contributed by atoms with E-state index in [1.54, 1.807) is 0 Å². The fraction of sp³-hybridized carbons (Fsp3) is 0. The number of nitrogens with one attached hydrogen (secondary N) is 1. The quantitative estimate of drug-likeness (QED) is 0.733. The predicted molar refractivity (Wildman–Crippen MR) is 46.5 cm³/mol. The smallest absolute Gasteiger partial charge is 0.209 e. The van der Waals surface area contributed by atoms with Gasteiger partial charge in [0.2, 0.25) is 4.77 Å². The first-order valence-corrected chi connectivity index (χ1v) is 4.05. The van der Waals surface area contributed by atoms with Gasteiger partial charge in [0, 0.05) is 6.07 Å². The van der Waals surface area contributed by atoms with Crippen LogP contribution in [0.4, 0.5) is 8.78 Å². The first-order valence-electron chi connectivity index (χ1n) is 3.64. The Hall–Kier alpha value is -1.63. The molecule has 0 aliphatic rings. The second-order valence-corrected chi connectivity index (χ2v) is 2.88. The molecule has 7 heteroatoms. The normalized spacial score (nSPS) is 10.4. The van der Waals surface area contributed by atoms with E-state index in [1.165, 1.54) is 10.7 Å². The van der Waals surface area contributed by atoms with E-state index in [2.05, 4.69) is 15.5 Å². The van der Waals surface area contributed by atoms with Crippen LogP contribution in [0.3, 0.4) is 0 Å². The SMILES string of the molecule is Fc1ccc(-n2[nH]nnc2=S)cc1F. The van der Waals surface area contributed by atoms with E-state index in [-0.39, 0.29) is 4.77 Å². The molecule has 0 amide bonds. The molecule has 0 bridgehead atoms. The Morgan fingerprint density at radius 2 is 2.07 bits per heavy atom. The minimum atomic E-state index is -0.945. The Morgan fingerprint density at radius 3 is 2.64 bits per heavy atom. The predicted octanol–water partition coefficient (Wildman–Crippen LogP) is 1.60. The third-order valence-corrected chi connectivity index (χ3v) is 1.90. The summed E-state index contributed by atoms with van der Waals surface area (Å²) in [6, 6.07) is 3.38. The molecule has 1 aromatic carbocycles. The van der Waals surface area contributed by atoms with Gasteiger partial charge in [0.15, 0.2) is 11.6 Å². The molecule has 2 aromatic rings. The van der Waals surface area contributed by atoms with E-state index in [9.17, 15) is 8.78 Å². The Morgan fingerprint density at radius 1 is 1.29 bits per heavy atom. The van der Waals surface area contributed by atoms with Crippen molar-refractivity contribution in [1.29, 1.82) is 0 Å². The number of hydrogen-bond donors (Lipinski definition) is 1. The Labute approximate surface area is 82.2 Å². The highest BCUT2D eigenvalue weighted by Crippen LogP contribution is 2.11. The maximum absolute atomic E-state index is 12.8. The number of benzene rings is 1. The highest BCUT2D eigenvalue weighted by Gasteiger charge is 2.05. The largest absolute Gasteiger partial charge is 0.242 e. The summed E-state index contributed by atoms with van der Waals surface area (Å²) >= 11 is 4.79. The van der Waals surface area contributed by atoms with Crippen molar-refractivity contribution in [2.24, 2.45) is 0 Å². The second kappa shape index (κ2) is 3.26. The molecule has 0 radical (unpaired) electrons. The van der Waals surface area contributed by atoms with E-state index >= 15 is 0 Å². The van der Waals surface area contributed by atoms with Crippen LogP contribution in [0.5, 0.6) is 0 Å². The Kier molecular flexibility index (Phi) is 2.08. The van der Waals surface area contributed by atoms with Crippen molar-refractivity contribution < 1.29 is 8.78 Å². The maximum atomic E-state index is 12.8. The second-order valence-electron chi connectivity index (χ2n) is 2.52. The first-order chi connectivity index (χ1) is 6.68. The molecular weight excluding hydrogens is 210 g/mol. The van der Waals surface area contributed by atoms with Crippen molar-refractivity contribution in [2.75, 3.05) is 0 Å². The lowest BCUT2D eigenvalue weighted by molar-refractivity contribution is 0.507. The third-order valence-electron chi connectivity index (χ3n) is 1.63. The Balaban J connectivity index is 2.59. The van der Waals surface area contributed by atoms with E-state index in [0.29, 0.717) is 5.69 Å². The molecule has 0 saturated carbocycles. The highest BCUT2D eigenvalue weighted by atomic mass is 32.1. The first kappa shape index (κ1) is 8.95. The van der Waals surface area contributed by atoms with Gasteiger partial charge in [-0.25, -0.2) is 13.5 Å². The summed E-state index contributed by atoms with van der Waals surface area (Å²) in [5, 5.41) is 9.35. The number of nitrogens with zero attached hydrogens (tertiary/aromatic N) is 3. The molecule has 72 valence electrons. The fourth-order valence-electron chi connectivity index (χ4n) is 0.990. The minimum absolute atomic E-state index is 0.149. The van der Waals surface area contributed by atoms with E-state index in [0.717, 1.165) is 12.1 Å². The standard InChI is InChI=1S/C7H4F2N4S/c8-5-2-1-4(3-6(5)9)13-7(14)10-11-12-13/h1-3H,(H,10,12,14). The van der Waals surface area contributed by atoms with E-state index in [1.807, 2.05) is 0 Å². The third kappa shape index (κ3) is 1.41. The number of aromatic nitrogens is 4. The Bertz CT molecular complexity index is 518. The van der Waals surface area contributed by atoms with Gasteiger partial charge in [0.05, 0.1) is 5.69 Å². The van der Waals surface area contributed by atoms with Crippen LogP contribution >= 0.6 is 12.2 Å². The fourth-order valence-corrected chi connectivity index (χ4v) is 1.18. The van der Waals surface area contributed by atoms with Crippen LogP contribution in [-0.4, -0.2) is 20.2 Å². The summed E-state index contributed by atoms with van der Waals surface area (Å²) in [6.45, 7) is 0. The van der Waals surface area contributed by atoms with Gasteiger partial charge in [-0.3, -0.25) is 0 Å². The average molecular weight is 214 g/mol. The van der Waals surface area contributed by atoms with Gasteiger partial charge < -0.3 is 0 Å². The zero-order valence-corrected chi connectivity index (χ0v) is 7.55. The van der Waals surface area contributed by atoms with Crippen molar-refractivity contribution >= 4 is 12.2 Å². The summed E-state index contributed by atoms with van der Waals surface area (Å²) in [6.07, 6.45) is 0. The lowest BCUT2D eigenvalue weighted by atomic mass is 10.3. The molecule has 0 atom stereocenters. The number of tetrazole rings is 1. The number of halogens is 2. The monoisotopic (exact) mass is 214 g/mol. The molecule has 0 unspecified atom stereocenters. The number of rotatable bonds is 1. The molecule has 0 fully saturated rings. The number of H-pyrrole nitrogens is 1. The molecular formula is C7H4F2N4S. The highest BCUT2D eigenvalue weighted by molar-refractivity contribution is 7.71. The minimum Gasteiger partial charge on any atom is -0.209 e. The summed E-state index contributed by atoms with van der Waals surface area (Å²) in [5.41, 5.74) is 0.346. The van der Waals surface area contributed by atoms with Crippen molar-refractivity contribution in [3.05, 3.63) is 34.6 Å². The molecule has 1 N–H and O–H groups in total. The number of aromatic amines is 1. The average Bonchev–Trinajstić information content (AvgIpc) is 2.57. The summed E-state index contributed by atoms with van der Waals surface area (Å²) in [4.78, 5) is 0. The van der Waals surface area contributed by atoms with Crippen LogP contribution in [0, 0.1) is 16.4 Å². The van der Waals surface area contributed by atoms with Crippen molar-refractivity contribution in [3.8, 4) is 5.69 Å². The maximum Gasteiger partial charge on any atom is 0.242 e. The topological polar surface area (TPSA) is 46.5 Å². The molecule has 0 aliphatic carbocycles. The van der Waals surface area contributed by atoms with Gasteiger partial charge in [-0.2, -0.15) is 5.21 Å². The van der Waals surface area contributed by atoms with Gasteiger partial charge in [-0.05, 0) is 24.4 Å². The lowest BCUT2D eigenvalue weighted by Crippen LogP contribution is -1.98. The molecule has 0 saturated heterocycles. The molecule has 1 heterocycles. The van der Waals surface area contributed by atoms with Gasteiger partial charge in [-0.1, -0.05) is 10.3 Å². The van der Waals surface area contributed by atoms with Gasteiger partial charge in [0.1, 0.15) is 0 Å². The van der Waals surface area contributed by atoms with Crippen LogP contribution in [0.2, 0.25) is 0 Å². The molecule has 14 heavy (non-hydrogen) atoms. The molecule has 4 nitrogen and oxygen atoms in total. The zero-order chi connectivity index (χ0) is 10.1. The molecule has 0 aliphatic heterocycles. The van der Waals surface area contributed by atoms with Crippen molar-refractivity contribution in [1.82, 2.24) is 20.2 Å². The van der Waals surface area contributed by atoms with Crippen molar-refractivity contribution in [3.63, 3.8) is 0 Å². The van der Waals surface area contributed by atoms with Crippen LogP contribution in [0.15, 0.2) is 18.2 Å². The summed E-state index contributed by atoms with van der Waals surface area (Å²) < 4.78 is 26.8. The van der Waals surface area contributed by atoms with Crippen LogP contribution in [-0.2, 0) is 0 Å².